The Morgan fingerprint density at radius 3 is 2.26 bits per heavy atom. The highest BCUT2D eigenvalue weighted by Gasteiger charge is 2.73. The molecule has 4 atom stereocenters. The highest BCUT2D eigenvalue weighted by atomic mass is 19.3. The summed E-state index contributed by atoms with van der Waals surface area (Å²) in [5.41, 5.74) is 4.15. The molecule has 3 aliphatic rings. The molecule has 184 valence electrons. The van der Waals surface area contributed by atoms with Crippen LogP contribution in [0, 0.1) is 11.8 Å². The minimum atomic E-state index is -3.38. The Kier molecular flexibility index (Phi) is 5.71. The number of nitrogens with zero attached hydrogens (tertiary/aromatic N) is 1. The third-order valence-corrected chi connectivity index (χ3v) is 7.13. The quantitative estimate of drug-likeness (QED) is 0.578. The molecule has 0 unspecified atom stereocenters. The molecule has 1 heterocycles. The van der Waals surface area contributed by atoms with Crippen LogP contribution in [0.5, 0.6) is 0 Å². The summed E-state index contributed by atoms with van der Waals surface area (Å²) in [5.74, 6) is -9.17. The van der Waals surface area contributed by atoms with E-state index in [-0.39, 0.29) is 25.5 Å². The van der Waals surface area contributed by atoms with Crippen LogP contribution >= 0.6 is 0 Å². The molecule has 1 saturated carbocycles. The van der Waals surface area contributed by atoms with Gasteiger partial charge in [0.1, 0.15) is 18.6 Å². The number of aliphatic carboxylic acids is 1. The Morgan fingerprint density at radius 2 is 1.66 bits per heavy atom. The fraction of sp³-hybridized carbons (Fsp3) is 0.400. The van der Waals surface area contributed by atoms with E-state index in [0.29, 0.717) is 0 Å². The predicted molar refractivity (Wildman–Crippen MR) is 119 cm³/mol. The molecule has 5 rings (SSSR count). The number of hydrogen-bond donors (Lipinski definition) is 3. The predicted octanol–water partition coefficient (Wildman–Crippen LogP) is 2.45. The highest BCUT2D eigenvalue weighted by molar-refractivity contribution is 5.89. The molecule has 2 aromatic rings. The summed E-state index contributed by atoms with van der Waals surface area (Å²) in [6, 6.07) is 14.2. The molecule has 1 aliphatic heterocycles. The molecule has 0 spiro atoms. The fourth-order valence-electron chi connectivity index (χ4n) is 5.29. The Morgan fingerprint density at radius 1 is 1.06 bits per heavy atom. The van der Waals surface area contributed by atoms with E-state index in [9.17, 15) is 33.4 Å². The van der Waals surface area contributed by atoms with Crippen LogP contribution in [0.25, 0.3) is 11.1 Å². The molecule has 10 heteroatoms. The smallest absolute Gasteiger partial charge is 0.407 e. The maximum Gasteiger partial charge on any atom is 0.407 e. The molecule has 35 heavy (non-hydrogen) atoms. The minimum Gasteiger partial charge on any atom is -0.480 e. The molecule has 2 aliphatic carbocycles. The number of rotatable bonds is 6. The van der Waals surface area contributed by atoms with Crippen molar-refractivity contribution in [3.05, 3.63) is 59.7 Å². The summed E-state index contributed by atoms with van der Waals surface area (Å²) in [5, 5.41) is 21.2. The SMILES string of the molecule is O=C(NC[C@H]1[C@@H](C(=O)N2C[C@H](O)C[C@@H]2C(=O)O)C1(F)F)OCC1c2ccccc2-c2ccccc21. The molecule has 1 saturated heterocycles. The molecule has 3 N–H and O–H groups in total. The summed E-state index contributed by atoms with van der Waals surface area (Å²) in [4.78, 5) is 37.0. The molecule has 8 nitrogen and oxygen atoms in total. The third-order valence-electron chi connectivity index (χ3n) is 7.13. The van der Waals surface area contributed by atoms with Gasteiger partial charge in [0.15, 0.2) is 0 Å². The molecular formula is C25H24F2N2O6. The van der Waals surface area contributed by atoms with Crippen LogP contribution in [-0.4, -0.2) is 70.8 Å². The number of halogens is 2. The zero-order valence-corrected chi connectivity index (χ0v) is 18.6. The van der Waals surface area contributed by atoms with Crippen LogP contribution in [0.1, 0.15) is 23.5 Å². The van der Waals surface area contributed by atoms with Crippen LogP contribution < -0.4 is 5.32 Å². The van der Waals surface area contributed by atoms with Crippen molar-refractivity contribution in [2.45, 2.75) is 30.4 Å². The summed E-state index contributed by atoms with van der Waals surface area (Å²) < 4.78 is 34.0. The lowest BCUT2D eigenvalue weighted by molar-refractivity contribution is -0.149. The Labute approximate surface area is 199 Å². The van der Waals surface area contributed by atoms with Gasteiger partial charge in [-0.3, -0.25) is 4.79 Å². The zero-order valence-electron chi connectivity index (χ0n) is 18.6. The van der Waals surface area contributed by atoms with Crippen LogP contribution in [0.2, 0.25) is 0 Å². The third kappa shape index (κ3) is 4.01. The van der Waals surface area contributed by atoms with E-state index in [1.807, 2.05) is 48.5 Å². The monoisotopic (exact) mass is 486 g/mol. The van der Waals surface area contributed by atoms with Gasteiger partial charge in [-0.05, 0) is 22.3 Å². The van der Waals surface area contributed by atoms with Crippen molar-refractivity contribution in [1.29, 1.82) is 0 Å². The molecular weight excluding hydrogens is 462 g/mol. The lowest BCUT2D eigenvalue weighted by Gasteiger charge is -2.21. The number of likely N-dealkylation sites (tertiary alicyclic amines) is 1. The first-order valence-corrected chi connectivity index (χ1v) is 11.4. The number of amides is 2. The van der Waals surface area contributed by atoms with Crippen LogP contribution in [-0.2, 0) is 14.3 Å². The van der Waals surface area contributed by atoms with E-state index in [1.165, 1.54) is 0 Å². The van der Waals surface area contributed by atoms with E-state index < -0.39 is 54.4 Å². The lowest BCUT2D eigenvalue weighted by Crippen LogP contribution is -2.42. The van der Waals surface area contributed by atoms with Crippen LogP contribution in [0.3, 0.4) is 0 Å². The first-order valence-electron chi connectivity index (χ1n) is 11.4. The fourth-order valence-corrected chi connectivity index (χ4v) is 5.29. The summed E-state index contributed by atoms with van der Waals surface area (Å²) >= 11 is 0. The van der Waals surface area contributed by atoms with Gasteiger partial charge >= 0.3 is 12.1 Å². The number of β-amino-alcohol motifs (C(OH)–C–C–N with tert-alkyl or cyclic N) is 1. The number of aliphatic hydroxyl groups is 1. The number of carboxylic acids is 1. The maximum absolute atomic E-state index is 14.4. The average molecular weight is 486 g/mol. The van der Waals surface area contributed by atoms with E-state index in [0.717, 1.165) is 27.2 Å². The van der Waals surface area contributed by atoms with Crippen LogP contribution in [0.15, 0.2) is 48.5 Å². The van der Waals surface area contributed by atoms with Crippen molar-refractivity contribution >= 4 is 18.0 Å². The molecule has 2 fully saturated rings. The largest absolute Gasteiger partial charge is 0.480 e. The number of carbonyl (C=O) groups excluding carboxylic acids is 2. The number of carboxylic acid groups (broad SMARTS) is 1. The van der Waals surface area contributed by atoms with Gasteiger partial charge in [-0.25, -0.2) is 18.4 Å². The number of ether oxygens (including phenoxy) is 1. The number of aliphatic hydroxyl groups excluding tert-OH is 1. The van der Waals surface area contributed by atoms with Crippen molar-refractivity contribution in [2.24, 2.45) is 11.8 Å². The number of alkyl carbamates (subject to hydrolysis) is 1. The van der Waals surface area contributed by atoms with Gasteiger partial charge < -0.3 is 25.2 Å². The first kappa shape index (κ1) is 23.2. The van der Waals surface area contributed by atoms with Gasteiger partial charge in [-0.15, -0.1) is 0 Å². The van der Waals surface area contributed by atoms with Crippen molar-refractivity contribution < 1.29 is 38.1 Å². The number of fused-ring (bicyclic) bond motifs is 3. The van der Waals surface area contributed by atoms with Crippen molar-refractivity contribution in [3.63, 3.8) is 0 Å². The first-order chi connectivity index (χ1) is 16.7. The summed E-state index contributed by atoms with van der Waals surface area (Å²) in [7, 11) is 0. The Hall–Kier alpha value is -3.53. The van der Waals surface area contributed by atoms with Gasteiger partial charge in [-0.2, -0.15) is 0 Å². The van der Waals surface area contributed by atoms with Crippen LogP contribution in [0.4, 0.5) is 13.6 Å². The van der Waals surface area contributed by atoms with Gasteiger partial charge in [0.25, 0.3) is 5.92 Å². The molecule has 2 amide bonds. The average Bonchev–Trinajstić information content (AvgIpc) is 3.11. The van der Waals surface area contributed by atoms with E-state index in [1.54, 1.807) is 0 Å². The minimum absolute atomic E-state index is 0.0231. The highest BCUT2D eigenvalue weighted by Crippen LogP contribution is 2.56. The standard InChI is InChI=1S/C25H24F2N2O6/c26-25(27)19(21(25)22(31)29-11-13(30)9-20(29)23(32)33)10-28-24(34)35-12-18-16-7-3-1-5-14(16)15-6-2-4-8-17(15)18/h1-8,13,18-21,30H,9-12H2,(H,28,34)(H,32,33)/t13-,19+,20-,21+/m1/s1. The van der Waals surface area contributed by atoms with Gasteiger partial charge in [0.05, 0.1) is 12.0 Å². The summed E-state index contributed by atoms with van der Waals surface area (Å²) in [6.45, 7) is -0.779. The van der Waals surface area contributed by atoms with Gasteiger partial charge in [0, 0.05) is 25.4 Å². The normalized spacial score (nSPS) is 26.1. The molecule has 0 aromatic heterocycles. The van der Waals surface area contributed by atoms with E-state index in [2.05, 4.69) is 5.32 Å². The summed E-state index contributed by atoms with van der Waals surface area (Å²) in [6.07, 6.45) is -2.16. The molecule has 2 aromatic carbocycles. The van der Waals surface area contributed by atoms with E-state index >= 15 is 0 Å². The Balaban J connectivity index is 1.18. The zero-order chi connectivity index (χ0) is 24.9. The van der Waals surface area contributed by atoms with Crippen molar-refractivity contribution in [2.75, 3.05) is 19.7 Å². The number of nitrogens with one attached hydrogen (secondary N) is 1. The van der Waals surface area contributed by atoms with Crippen molar-refractivity contribution in [3.8, 4) is 11.1 Å². The molecule has 0 bridgehead atoms. The van der Waals surface area contributed by atoms with E-state index in [4.69, 9.17) is 4.74 Å². The van der Waals surface area contributed by atoms with Crippen molar-refractivity contribution in [1.82, 2.24) is 10.2 Å². The lowest BCUT2D eigenvalue weighted by atomic mass is 9.98. The second-order valence-corrected chi connectivity index (χ2v) is 9.20. The van der Waals surface area contributed by atoms with Gasteiger partial charge in [-0.1, -0.05) is 48.5 Å². The number of hydrogen-bond acceptors (Lipinski definition) is 5. The number of benzene rings is 2. The van der Waals surface area contributed by atoms with Gasteiger partial charge in [0.2, 0.25) is 5.91 Å². The second kappa shape index (κ2) is 8.60. The molecule has 0 radical (unpaired) electrons. The number of carbonyl (C=O) groups is 3. The maximum atomic E-state index is 14.4. The topological polar surface area (TPSA) is 116 Å². The Bertz CT molecular complexity index is 1140. The number of alkyl halides is 2. The second-order valence-electron chi connectivity index (χ2n) is 9.20.